The van der Waals surface area contributed by atoms with Crippen LogP contribution >= 0.6 is 0 Å². The molecule has 0 saturated carbocycles. The summed E-state index contributed by atoms with van der Waals surface area (Å²) in [6.45, 7) is 1.08. The van der Waals surface area contributed by atoms with E-state index in [0.717, 1.165) is 0 Å². The number of nitrogens with two attached hydrogens (primary N) is 1. The van der Waals surface area contributed by atoms with E-state index in [9.17, 15) is 9.59 Å². The molecule has 6 nitrogen and oxygen atoms in total. The summed E-state index contributed by atoms with van der Waals surface area (Å²) in [4.78, 5) is 28.2. The van der Waals surface area contributed by atoms with E-state index in [1.807, 2.05) is 0 Å². The van der Waals surface area contributed by atoms with Crippen LogP contribution in [-0.4, -0.2) is 34.8 Å². The summed E-state index contributed by atoms with van der Waals surface area (Å²) in [6, 6.07) is 0. The highest BCUT2D eigenvalue weighted by molar-refractivity contribution is 5.92. The number of carbonyl (C=O) groups excluding carboxylic acids is 2. The van der Waals surface area contributed by atoms with Crippen LogP contribution in [0, 0.1) is 5.92 Å². The van der Waals surface area contributed by atoms with E-state index in [0.29, 0.717) is 31.6 Å². The van der Waals surface area contributed by atoms with Gasteiger partial charge in [0.2, 0.25) is 5.91 Å². The van der Waals surface area contributed by atoms with Crippen molar-refractivity contribution >= 4 is 11.8 Å². The third kappa shape index (κ3) is 2.05. The van der Waals surface area contributed by atoms with Crippen molar-refractivity contribution in [3.05, 3.63) is 18.4 Å². The molecule has 0 atom stereocenters. The van der Waals surface area contributed by atoms with Gasteiger partial charge in [0.15, 0.2) is 12.1 Å². The fraction of sp³-hybridized carbons (Fsp3) is 0.500. The Morgan fingerprint density at radius 1 is 1.44 bits per heavy atom. The average molecular weight is 223 g/mol. The molecular formula is C10H13N3O3. The fourth-order valence-corrected chi connectivity index (χ4v) is 1.85. The molecule has 1 fully saturated rings. The zero-order valence-corrected chi connectivity index (χ0v) is 8.76. The maximum atomic E-state index is 11.8. The Morgan fingerprint density at radius 3 is 2.62 bits per heavy atom. The van der Waals surface area contributed by atoms with Crippen LogP contribution in [0.15, 0.2) is 17.1 Å². The average Bonchev–Trinajstić information content (AvgIpc) is 2.81. The summed E-state index contributed by atoms with van der Waals surface area (Å²) < 4.78 is 4.75. The molecule has 2 amide bonds. The van der Waals surface area contributed by atoms with Crippen LogP contribution in [0.3, 0.4) is 0 Å². The van der Waals surface area contributed by atoms with Gasteiger partial charge in [0, 0.05) is 19.0 Å². The molecule has 16 heavy (non-hydrogen) atoms. The van der Waals surface area contributed by atoms with Gasteiger partial charge in [-0.15, -0.1) is 0 Å². The molecule has 1 aromatic heterocycles. The number of nitrogens with zero attached hydrogens (tertiary/aromatic N) is 2. The SMILES string of the molecule is NC(=O)C1CCN(C(=O)c2cocn2)CC1. The van der Waals surface area contributed by atoms with E-state index in [1.54, 1.807) is 4.90 Å². The minimum Gasteiger partial charge on any atom is -0.451 e. The summed E-state index contributed by atoms with van der Waals surface area (Å²) in [5.74, 6) is -0.549. The van der Waals surface area contributed by atoms with Gasteiger partial charge in [-0.1, -0.05) is 0 Å². The number of aromatic nitrogens is 1. The summed E-state index contributed by atoms with van der Waals surface area (Å²) >= 11 is 0. The van der Waals surface area contributed by atoms with Crippen LogP contribution in [0.4, 0.5) is 0 Å². The van der Waals surface area contributed by atoms with Crippen LogP contribution in [0.2, 0.25) is 0 Å². The first kappa shape index (κ1) is 10.7. The summed E-state index contributed by atoms with van der Waals surface area (Å²) in [7, 11) is 0. The Hall–Kier alpha value is -1.85. The van der Waals surface area contributed by atoms with Crippen molar-refractivity contribution in [2.24, 2.45) is 11.7 Å². The minimum atomic E-state index is -0.284. The molecule has 0 spiro atoms. The molecule has 0 aromatic carbocycles. The van der Waals surface area contributed by atoms with Gasteiger partial charge in [0.05, 0.1) is 0 Å². The lowest BCUT2D eigenvalue weighted by atomic mass is 9.96. The van der Waals surface area contributed by atoms with E-state index in [4.69, 9.17) is 10.2 Å². The Labute approximate surface area is 92.4 Å². The number of likely N-dealkylation sites (tertiary alicyclic amines) is 1. The monoisotopic (exact) mass is 223 g/mol. The number of hydrogen-bond donors (Lipinski definition) is 1. The standard InChI is InChI=1S/C10H13N3O3/c11-9(14)7-1-3-13(4-2-7)10(15)8-5-16-6-12-8/h5-7H,1-4H2,(H2,11,14). The maximum absolute atomic E-state index is 11.8. The number of rotatable bonds is 2. The Morgan fingerprint density at radius 2 is 2.12 bits per heavy atom. The largest absolute Gasteiger partial charge is 0.451 e. The molecular weight excluding hydrogens is 210 g/mol. The molecule has 0 unspecified atom stereocenters. The van der Waals surface area contributed by atoms with Crippen LogP contribution in [0.5, 0.6) is 0 Å². The highest BCUT2D eigenvalue weighted by atomic mass is 16.3. The van der Waals surface area contributed by atoms with E-state index >= 15 is 0 Å². The van der Waals surface area contributed by atoms with Gasteiger partial charge in [0.25, 0.3) is 5.91 Å². The lowest BCUT2D eigenvalue weighted by Gasteiger charge is -2.29. The van der Waals surface area contributed by atoms with Crippen molar-refractivity contribution in [1.29, 1.82) is 0 Å². The van der Waals surface area contributed by atoms with E-state index < -0.39 is 0 Å². The van der Waals surface area contributed by atoms with Crippen LogP contribution in [0.1, 0.15) is 23.3 Å². The molecule has 1 aromatic rings. The van der Waals surface area contributed by atoms with Crippen LogP contribution < -0.4 is 5.73 Å². The summed E-state index contributed by atoms with van der Waals surface area (Å²) in [5.41, 5.74) is 5.52. The molecule has 2 heterocycles. The molecule has 1 aliphatic rings. The molecule has 0 bridgehead atoms. The second kappa shape index (κ2) is 4.34. The molecule has 86 valence electrons. The van der Waals surface area contributed by atoms with Crippen molar-refractivity contribution in [2.45, 2.75) is 12.8 Å². The zero-order chi connectivity index (χ0) is 11.5. The Balaban J connectivity index is 1.94. The molecule has 0 radical (unpaired) electrons. The first-order valence-electron chi connectivity index (χ1n) is 5.15. The van der Waals surface area contributed by atoms with Gasteiger partial charge in [-0.05, 0) is 12.8 Å². The second-order valence-corrected chi connectivity index (χ2v) is 3.84. The Kier molecular flexibility index (Phi) is 2.89. The van der Waals surface area contributed by atoms with Crippen molar-refractivity contribution < 1.29 is 14.0 Å². The third-order valence-electron chi connectivity index (χ3n) is 2.84. The number of piperidine rings is 1. The number of amides is 2. The molecule has 1 saturated heterocycles. The van der Waals surface area contributed by atoms with Gasteiger partial charge < -0.3 is 15.1 Å². The molecule has 2 N–H and O–H groups in total. The third-order valence-corrected chi connectivity index (χ3v) is 2.84. The fourth-order valence-electron chi connectivity index (χ4n) is 1.85. The quantitative estimate of drug-likeness (QED) is 0.764. The number of oxazole rings is 1. The predicted octanol–water partition coefficient (Wildman–Crippen LogP) is 0.0121. The van der Waals surface area contributed by atoms with Crippen molar-refractivity contribution in [1.82, 2.24) is 9.88 Å². The molecule has 6 heteroatoms. The van der Waals surface area contributed by atoms with Gasteiger partial charge in [0.1, 0.15) is 6.26 Å². The number of primary amides is 1. The number of carbonyl (C=O) groups is 2. The van der Waals surface area contributed by atoms with E-state index in [2.05, 4.69) is 4.98 Å². The van der Waals surface area contributed by atoms with Crippen molar-refractivity contribution in [3.8, 4) is 0 Å². The van der Waals surface area contributed by atoms with Gasteiger partial charge in [-0.3, -0.25) is 9.59 Å². The predicted molar refractivity (Wildman–Crippen MR) is 54.3 cm³/mol. The maximum Gasteiger partial charge on any atom is 0.275 e. The lowest BCUT2D eigenvalue weighted by molar-refractivity contribution is -0.123. The smallest absolute Gasteiger partial charge is 0.275 e. The van der Waals surface area contributed by atoms with Crippen LogP contribution in [-0.2, 0) is 4.79 Å². The topological polar surface area (TPSA) is 89.4 Å². The minimum absolute atomic E-state index is 0.110. The molecule has 0 aliphatic carbocycles. The lowest BCUT2D eigenvalue weighted by Crippen LogP contribution is -2.41. The summed E-state index contributed by atoms with van der Waals surface area (Å²) in [5, 5.41) is 0. The molecule has 2 rings (SSSR count). The second-order valence-electron chi connectivity index (χ2n) is 3.84. The van der Waals surface area contributed by atoms with E-state index in [1.165, 1.54) is 12.7 Å². The number of hydrogen-bond acceptors (Lipinski definition) is 4. The van der Waals surface area contributed by atoms with Gasteiger partial charge >= 0.3 is 0 Å². The van der Waals surface area contributed by atoms with Gasteiger partial charge in [-0.25, -0.2) is 4.98 Å². The van der Waals surface area contributed by atoms with E-state index in [-0.39, 0.29) is 17.7 Å². The zero-order valence-electron chi connectivity index (χ0n) is 8.76. The van der Waals surface area contributed by atoms with Crippen molar-refractivity contribution in [2.75, 3.05) is 13.1 Å². The molecule has 1 aliphatic heterocycles. The normalized spacial score (nSPS) is 17.4. The van der Waals surface area contributed by atoms with Crippen molar-refractivity contribution in [3.63, 3.8) is 0 Å². The van der Waals surface area contributed by atoms with Crippen LogP contribution in [0.25, 0.3) is 0 Å². The highest BCUT2D eigenvalue weighted by Gasteiger charge is 2.27. The van der Waals surface area contributed by atoms with Gasteiger partial charge in [-0.2, -0.15) is 0 Å². The highest BCUT2D eigenvalue weighted by Crippen LogP contribution is 2.18. The first-order chi connectivity index (χ1) is 7.68. The first-order valence-corrected chi connectivity index (χ1v) is 5.15. The Bertz CT molecular complexity index is 380. The summed E-state index contributed by atoms with van der Waals surface area (Å²) in [6.07, 6.45) is 3.80.